The van der Waals surface area contributed by atoms with Crippen LogP contribution in [0.15, 0.2) is 5.16 Å². The molecule has 1 rings (SSSR count). The molecule has 0 aromatic carbocycles. The molecule has 1 saturated carbocycles. The van der Waals surface area contributed by atoms with Gasteiger partial charge in [-0.15, -0.1) is 0 Å². The van der Waals surface area contributed by atoms with Crippen LogP contribution in [0.5, 0.6) is 0 Å². The highest BCUT2D eigenvalue weighted by molar-refractivity contribution is 5.86. The van der Waals surface area contributed by atoms with E-state index in [1.54, 1.807) is 0 Å². The molecule has 2 nitrogen and oxygen atoms in total. The lowest BCUT2D eigenvalue weighted by Gasteiger charge is -1.82. The second-order valence-electron chi connectivity index (χ2n) is 1.70. The maximum absolute atomic E-state index is 8.13. The minimum atomic E-state index is 0.885. The number of nitrogens with zero attached hydrogens (tertiary/aromatic N) is 1. The topological polar surface area (TPSA) is 32.6 Å². The number of oxime groups is 1. The van der Waals surface area contributed by atoms with Gasteiger partial charge < -0.3 is 5.21 Å². The molecule has 2 heteroatoms. The molecule has 0 saturated heterocycles. The van der Waals surface area contributed by atoms with Crippen molar-refractivity contribution in [3.05, 3.63) is 6.42 Å². The Balaban J connectivity index is 2.41. The molecule has 1 fully saturated rings. The molecule has 0 atom stereocenters. The Morgan fingerprint density at radius 3 is 2.86 bits per heavy atom. The molecular formula is C5H8NO. The van der Waals surface area contributed by atoms with E-state index in [9.17, 15) is 0 Å². The molecule has 1 aliphatic carbocycles. The Hall–Kier alpha value is -0.530. The summed E-state index contributed by atoms with van der Waals surface area (Å²) in [5.41, 5.74) is 0.917. The lowest BCUT2D eigenvalue weighted by atomic mass is 10.3. The van der Waals surface area contributed by atoms with Crippen molar-refractivity contribution in [1.82, 2.24) is 0 Å². The van der Waals surface area contributed by atoms with Crippen molar-refractivity contribution in [2.75, 3.05) is 0 Å². The molecule has 0 aliphatic heterocycles. The molecule has 0 amide bonds. The molecule has 1 radical (unpaired) electrons. The van der Waals surface area contributed by atoms with E-state index in [-0.39, 0.29) is 0 Å². The summed E-state index contributed by atoms with van der Waals surface area (Å²) in [5.74, 6) is 0. The summed E-state index contributed by atoms with van der Waals surface area (Å²) < 4.78 is 0. The Bertz CT molecular complexity index is 80.1. The lowest BCUT2D eigenvalue weighted by molar-refractivity contribution is 0.317. The molecule has 0 bridgehead atoms. The van der Waals surface area contributed by atoms with Gasteiger partial charge in [-0.05, 0) is 25.7 Å². The van der Waals surface area contributed by atoms with Crippen LogP contribution in [0.3, 0.4) is 0 Å². The van der Waals surface area contributed by atoms with Gasteiger partial charge in [-0.25, -0.2) is 0 Å². The van der Waals surface area contributed by atoms with Crippen LogP contribution in [0.25, 0.3) is 0 Å². The molecule has 1 aliphatic rings. The van der Waals surface area contributed by atoms with Gasteiger partial charge in [0.1, 0.15) is 0 Å². The zero-order valence-electron chi connectivity index (χ0n) is 4.09. The van der Waals surface area contributed by atoms with Crippen LogP contribution in [0, 0.1) is 6.42 Å². The second kappa shape index (κ2) is 1.96. The van der Waals surface area contributed by atoms with Crippen molar-refractivity contribution in [2.24, 2.45) is 5.16 Å². The predicted octanol–water partition coefficient (Wildman–Crippen LogP) is 1.20. The van der Waals surface area contributed by atoms with E-state index >= 15 is 0 Å². The van der Waals surface area contributed by atoms with E-state index in [1.165, 1.54) is 0 Å². The SMILES string of the molecule is O/N=C1\C[CH]CC1. The molecule has 0 aromatic rings. The lowest BCUT2D eigenvalue weighted by Crippen LogP contribution is -1.85. The molecule has 1 N–H and O–H groups in total. The molecular weight excluding hydrogens is 90.1 g/mol. The van der Waals surface area contributed by atoms with E-state index in [0.717, 1.165) is 25.0 Å². The van der Waals surface area contributed by atoms with E-state index in [0.29, 0.717) is 0 Å². The summed E-state index contributed by atoms with van der Waals surface area (Å²) in [6, 6.07) is 0. The quantitative estimate of drug-likeness (QED) is 0.358. The van der Waals surface area contributed by atoms with E-state index in [4.69, 9.17) is 5.21 Å². The highest BCUT2D eigenvalue weighted by atomic mass is 16.4. The van der Waals surface area contributed by atoms with Crippen molar-refractivity contribution in [2.45, 2.75) is 19.3 Å². The molecule has 0 spiro atoms. The van der Waals surface area contributed by atoms with Crippen LogP contribution in [0.2, 0.25) is 0 Å². The number of hydrogen-bond acceptors (Lipinski definition) is 2. The minimum absolute atomic E-state index is 0.885. The Morgan fingerprint density at radius 2 is 2.57 bits per heavy atom. The number of hydrogen-bond donors (Lipinski definition) is 1. The molecule has 0 unspecified atom stereocenters. The molecule has 0 aromatic heterocycles. The second-order valence-corrected chi connectivity index (χ2v) is 1.70. The summed E-state index contributed by atoms with van der Waals surface area (Å²) >= 11 is 0. The Morgan fingerprint density at radius 1 is 1.71 bits per heavy atom. The fourth-order valence-corrected chi connectivity index (χ4v) is 0.730. The van der Waals surface area contributed by atoms with E-state index < -0.39 is 0 Å². The van der Waals surface area contributed by atoms with Gasteiger partial charge in [0.25, 0.3) is 0 Å². The van der Waals surface area contributed by atoms with Crippen LogP contribution in [-0.4, -0.2) is 10.9 Å². The van der Waals surface area contributed by atoms with Gasteiger partial charge in [0.15, 0.2) is 0 Å². The van der Waals surface area contributed by atoms with Crippen LogP contribution in [-0.2, 0) is 0 Å². The fourth-order valence-electron chi connectivity index (χ4n) is 0.730. The maximum atomic E-state index is 8.13. The molecule has 0 heterocycles. The van der Waals surface area contributed by atoms with Crippen LogP contribution >= 0.6 is 0 Å². The first-order chi connectivity index (χ1) is 3.43. The Labute approximate surface area is 42.8 Å². The van der Waals surface area contributed by atoms with Gasteiger partial charge in [-0.1, -0.05) is 5.16 Å². The van der Waals surface area contributed by atoms with Crippen molar-refractivity contribution < 1.29 is 5.21 Å². The third-order valence-electron chi connectivity index (χ3n) is 1.16. The first-order valence-corrected chi connectivity index (χ1v) is 2.45. The third kappa shape index (κ3) is 0.918. The zero-order valence-corrected chi connectivity index (χ0v) is 4.09. The van der Waals surface area contributed by atoms with E-state index in [1.807, 2.05) is 0 Å². The van der Waals surface area contributed by atoms with E-state index in [2.05, 4.69) is 11.6 Å². The third-order valence-corrected chi connectivity index (χ3v) is 1.16. The van der Waals surface area contributed by atoms with Gasteiger partial charge in [0.05, 0.1) is 5.71 Å². The average molecular weight is 98.1 g/mol. The summed E-state index contributed by atoms with van der Waals surface area (Å²) in [5, 5.41) is 11.2. The normalized spacial score (nSPS) is 26.6. The fraction of sp³-hybridized carbons (Fsp3) is 0.600. The Kier molecular flexibility index (Phi) is 1.29. The van der Waals surface area contributed by atoms with Gasteiger partial charge in [0, 0.05) is 0 Å². The first-order valence-electron chi connectivity index (χ1n) is 2.45. The zero-order chi connectivity index (χ0) is 5.11. The maximum Gasteiger partial charge on any atom is 0.0573 e. The van der Waals surface area contributed by atoms with Crippen molar-refractivity contribution >= 4 is 5.71 Å². The molecule has 39 valence electrons. The van der Waals surface area contributed by atoms with Gasteiger partial charge >= 0.3 is 0 Å². The largest absolute Gasteiger partial charge is 0.411 e. The summed E-state index contributed by atoms with van der Waals surface area (Å²) in [6.45, 7) is 0. The predicted molar refractivity (Wildman–Crippen MR) is 27.4 cm³/mol. The van der Waals surface area contributed by atoms with Gasteiger partial charge in [0.2, 0.25) is 0 Å². The first kappa shape index (κ1) is 4.62. The monoisotopic (exact) mass is 98.1 g/mol. The summed E-state index contributed by atoms with van der Waals surface area (Å²) in [4.78, 5) is 0. The number of rotatable bonds is 0. The summed E-state index contributed by atoms with van der Waals surface area (Å²) in [6.07, 6.45) is 5.04. The highest BCUT2D eigenvalue weighted by Crippen LogP contribution is 2.12. The highest BCUT2D eigenvalue weighted by Gasteiger charge is 2.06. The molecule has 7 heavy (non-hydrogen) atoms. The van der Waals surface area contributed by atoms with Crippen molar-refractivity contribution in [3.8, 4) is 0 Å². The van der Waals surface area contributed by atoms with Crippen molar-refractivity contribution in [1.29, 1.82) is 0 Å². The minimum Gasteiger partial charge on any atom is -0.411 e. The van der Waals surface area contributed by atoms with Gasteiger partial charge in [-0.3, -0.25) is 0 Å². The van der Waals surface area contributed by atoms with Crippen LogP contribution in [0.4, 0.5) is 0 Å². The average Bonchev–Trinajstić information content (AvgIpc) is 2.14. The van der Waals surface area contributed by atoms with Gasteiger partial charge in [-0.2, -0.15) is 0 Å². The smallest absolute Gasteiger partial charge is 0.0573 e. The summed E-state index contributed by atoms with van der Waals surface area (Å²) in [7, 11) is 0. The van der Waals surface area contributed by atoms with Crippen molar-refractivity contribution in [3.63, 3.8) is 0 Å². The standard InChI is InChI=1S/C5H8NO/c7-6-5-3-1-2-4-5/h1,7H,2-4H2/b6-5+. The van der Waals surface area contributed by atoms with Crippen LogP contribution < -0.4 is 0 Å². The van der Waals surface area contributed by atoms with Crippen LogP contribution in [0.1, 0.15) is 19.3 Å².